The molecule has 0 aliphatic carbocycles. The van der Waals surface area contributed by atoms with E-state index in [0.29, 0.717) is 24.7 Å². The summed E-state index contributed by atoms with van der Waals surface area (Å²) in [5.74, 6) is -1.90. The fourth-order valence-corrected chi connectivity index (χ4v) is 5.58. The number of fused-ring (bicyclic) bond motifs is 2. The Balaban J connectivity index is 1.11. The van der Waals surface area contributed by atoms with E-state index in [1.165, 1.54) is 23.1 Å². The SMILES string of the molecule is O=C1CCC(N2C(=O)c3ccc(NC(=O)N4CCC(c5c[nH]c6ccccc56)CC4)cc3C2=O)C(=O)N1. The molecule has 0 radical (unpaired) electrons. The quantitative estimate of drug-likeness (QED) is 0.477. The number of urea groups is 1. The minimum atomic E-state index is -1.03. The molecule has 0 spiro atoms. The van der Waals surface area contributed by atoms with Gasteiger partial charge in [0, 0.05) is 42.3 Å². The van der Waals surface area contributed by atoms with Crippen LogP contribution in [0, 0.1) is 0 Å². The molecule has 1 aromatic heterocycles. The van der Waals surface area contributed by atoms with Crippen LogP contribution in [0.2, 0.25) is 0 Å². The van der Waals surface area contributed by atoms with Crippen LogP contribution >= 0.6 is 0 Å². The van der Waals surface area contributed by atoms with Gasteiger partial charge in [-0.2, -0.15) is 0 Å². The van der Waals surface area contributed by atoms with Crippen molar-refractivity contribution in [1.82, 2.24) is 20.1 Å². The Bertz CT molecular complexity index is 1470. The fourth-order valence-electron chi connectivity index (χ4n) is 5.58. The normalized spacial score (nSPS) is 20.4. The molecular formula is C27H25N5O5. The van der Waals surface area contributed by atoms with E-state index in [4.69, 9.17) is 0 Å². The number of para-hydroxylation sites is 1. The van der Waals surface area contributed by atoms with Crippen LogP contribution in [0.5, 0.6) is 0 Å². The van der Waals surface area contributed by atoms with Gasteiger partial charge in [0.2, 0.25) is 11.8 Å². The minimum Gasteiger partial charge on any atom is -0.361 e. The van der Waals surface area contributed by atoms with Gasteiger partial charge in [0.15, 0.2) is 0 Å². The molecule has 4 heterocycles. The summed E-state index contributed by atoms with van der Waals surface area (Å²) in [4.78, 5) is 68.5. The summed E-state index contributed by atoms with van der Waals surface area (Å²) >= 11 is 0. The van der Waals surface area contributed by atoms with Gasteiger partial charge in [-0.1, -0.05) is 18.2 Å². The lowest BCUT2D eigenvalue weighted by molar-refractivity contribution is -0.136. The molecule has 10 heteroatoms. The van der Waals surface area contributed by atoms with Crippen molar-refractivity contribution >= 4 is 46.3 Å². The number of nitrogens with zero attached hydrogens (tertiary/aromatic N) is 2. The van der Waals surface area contributed by atoms with E-state index in [9.17, 15) is 24.0 Å². The van der Waals surface area contributed by atoms with E-state index in [1.807, 2.05) is 12.1 Å². The molecule has 1 atom stereocenters. The summed E-state index contributed by atoms with van der Waals surface area (Å²) in [5.41, 5.74) is 3.09. The van der Waals surface area contributed by atoms with Crippen molar-refractivity contribution in [2.24, 2.45) is 0 Å². The lowest BCUT2D eigenvalue weighted by Gasteiger charge is -2.32. The first-order valence-electron chi connectivity index (χ1n) is 12.4. The number of benzene rings is 2. The third-order valence-corrected chi connectivity index (χ3v) is 7.53. The molecule has 0 bridgehead atoms. The monoisotopic (exact) mass is 499 g/mol. The van der Waals surface area contributed by atoms with Crippen molar-refractivity contribution in [2.45, 2.75) is 37.6 Å². The molecule has 2 saturated heterocycles. The highest BCUT2D eigenvalue weighted by Crippen LogP contribution is 2.34. The summed E-state index contributed by atoms with van der Waals surface area (Å²) in [7, 11) is 0. The molecule has 3 N–H and O–H groups in total. The summed E-state index contributed by atoms with van der Waals surface area (Å²) in [6, 6.07) is 11.4. The van der Waals surface area contributed by atoms with Gasteiger partial charge in [-0.25, -0.2) is 4.79 Å². The number of H-pyrrole nitrogens is 1. The third-order valence-electron chi connectivity index (χ3n) is 7.53. The van der Waals surface area contributed by atoms with Gasteiger partial charge in [-0.05, 0) is 55.0 Å². The van der Waals surface area contributed by atoms with Crippen LogP contribution in [0.1, 0.15) is 57.9 Å². The average Bonchev–Trinajstić information content (AvgIpc) is 3.43. The maximum Gasteiger partial charge on any atom is 0.321 e. The Morgan fingerprint density at radius 2 is 1.68 bits per heavy atom. The molecule has 2 aromatic carbocycles. The number of imide groups is 2. The van der Waals surface area contributed by atoms with Gasteiger partial charge in [0.25, 0.3) is 11.8 Å². The van der Waals surface area contributed by atoms with Crippen molar-refractivity contribution in [2.75, 3.05) is 18.4 Å². The average molecular weight is 500 g/mol. The zero-order chi connectivity index (χ0) is 25.7. The maximum atomic E-state index is 13.0. The Hall–Kier alpha value is -4.47. The molecular weight excluding hydrogens is 474 g/mol. The Morgan fingerprint density at radius 1 is 0.919 bits per heavy atom. The molecule has 3 aliphatic heterocycles. The second-order valence-electron chi connectivity index (χ2n) is 9.69. The topological polar surface area (TPSA) is 132 Å². The molecule has 0 saturated carbocycles. The molecule has 10 nitrogen and oxygen atoms in total. The molecule has 37 heavy (non-hydrogen) atoms. The van der Waals surface area contributed by atoms with Gasteiger partial charge < -0.3 is 15.2 Å². The predicted molar refractivity (Wildman–Crippen MR) is 134 cm³/mol. The lowest BCUT2D eigenvalue weighted by Crippen LogP contribution is -2.54. The van der Waals surface area contributed by atoms with Gasteiger partial charge >= 0.3 is 6.03 Å². The van der Waals surface area contributed by atoms with E-state index >= 15 is 0 Å². The number of aromatic nitrogens is 1. The fraction of sp³-hybridized carbons (Fsp3) is 0.296. The van der Waals surface area contributed by atoms with E-state index in [2.05, 4.69) is 33.9 Å². The molecule has 188 valence electrons. The standard InChI is InChI=1S/C27H25N5O5/c33-23-8-7-22(24(34)30-23)32-25(35)18-6-5-16(13-19(18)26(32)36)29-27(37)31-11-9-15(10-12-31)20-14-28-21-4-2-1-3-17(20)21/h1-6,13-15,22,28H,7-12H2,(H,29,37)(H,30,33,34). The van der Waals surface area contributed by atoms with Crippen molar-refractivity contribution in [3.05, 3.63) is 65.4 Å². The maximum absolute atomic E-state index is 13.0. The van der Waals surface area contributed by atoms with Crippen molar-refractivity contribution in [1.29, 1.82) is 0 Å². The Kier molecular flexibility index (Phi) is 5.51. The Morgan fingerprint density at radius 3 is 2.46 bits per heavy atom. The van der Waals surface area contributed by atoms with E-state index in [0.717, 1.165) is 23.3 Å². The van der Waals surface area contributed by atoms with Gasteiger partial charge in [0.05, 0.1) is 11.1 Å². The molecule has 1 unspecified atom stereocenters. The van der Waals surface area contributed by atoms with Crippen LogP contribution in [0.4, 0.5) is 10.5 Å². The number of carbonyl (C=O) groups is 5. The van der Waals surface area contributed by atoms with E-state index in [-0.39, 0.29) is 30.0 Å². The van der Waals surface area contributed by atoms with Crippen molar-refractivity contribution in [3.63, 3.8) is 0 Å². The molecule has 6 amide bonds. The molecule has 3 aromatic rings. The van der Waals surface area contributed by atoms with Crippen LogP contribution < -0.4 is 10.6 Å². The van der Waals surface area contributed by atoms with Crippen LogP contribution in [0.15, 0.2) is 48.7 Å². The summed E-state index contributed by atoms with van der Waals surface area (Å²) in [6.07, 6.45) is 3.89. The molecule has 6 rings (SSSR count). The second kappa shape index (κ2) is 8.88. The summed E-state index contributed by atoms with van der Waals surface area (Å²) < 4.78 is 0. The summed E-state index contributed by atoms with van der Waals surface area (Å²) in [6.45, 7) is 1.20. The highest BCUT2D eigenvalue weighted by molar-refractivity contribution is 6.23. The van der Waals surface area contributed by atoms with E-state index < -0.39 is 29.7 Å². The number of rotatable bonds is 3. The van der Waals surface area contributed by atoms with Crippen LogP contribution in [-0.2, 0) is 9.59 Å². The number of likely N-dealkylation sites (tertiary alicyclic amines) is 1. The predicted octanol–water partition coefficient (Wildman–Crippen LogP) is 2.98. The lowest BCUT2D eigenvalue weighted by atomic mass is 9.89. The Labute approximate surface area is 212 Å². The first-order chi connectivity index (χ1) is 17.9. The van der Waals surface area contributed by atoms with Gasteiger partial charge in [-0.3, -0.25) is 29.4 Å². The number of anilines is 1. The first-order valence-corrected chi connectivity index (χ1v) is 12.4. The summed E-state index contributed by atoms with van der Waals surface area (Å²) in [5, 5.41) is 6.24. The highest BCUT2D eigenvalue weighted by Gasteiger charge is 2.44. The van der Waals surface area contributed by atoms with Crippen LogP contribution in [0.3, 0.4) is 0 Å². The number of nitrogens with one attached hydrogen (secondary N) is 3. The first kappa shape index (κ1) is 23.0. The zero-order valence-electron chi connectivity index (χ0n) is 20.0. The number of hydrogen-bond acceptors (Lipinski definition) is 5. The number of piperidine rings is 2. The number of amides is 6. The molecule has 3 aliphatic rings. The van der Waals surface area contributed by atoms with Gasteiger partial charge in [0.1, 0.15) is 6.04 Å². The van der Waals surface area contributed by atoms with Crippen LogP contribution in [0.25, 0.3) is 10.9 Å². The molecule has 2 fully saturated rings. The smallest absolute Gasteiger partial charge is 0.321 e. The zero-order valence-corrected chi connectivity index (χ0v) is 20.0. The van der Waals surface area contributed by atoms with Gasteiger partial charge in [-0.15, -0.1) is 0 Å². The van der Waals surface area contributed by atoms with Crippen molar-refractivity contribution in [3.8, 4) is 0 Å². The second-order valence-corrected chi connectivity index (χ2v) is 9.69. The highest BCUT2D eigenvalue weighted by atomic mass is 16.2. The number of hydrogen-bond donors (Lipinski definition) is 3. The van der Waals surface area contributed by atoms with Crippen molar-refractivity contribution < 1.29 is 24.0 Å². The third kappa shape index (κ3) is 3.94. The number of aromatic amines is 1. The van der Waals surface area contributed by atoms with Crippen LogP contribution in [-0.4, -0.2) is 63.6 Å². The largest absolute Gasteiger partial charge is 0.361 e. The minimum absolute atomic E-state index is 0.0577. The number of carbonyl (C=O) groups excluding carboxylic acids is 5. The van der Waals surface area contributed by atoms with E-state index in [1.54, 1.807) is 11.0 Å².